The number of hydrogen-bond acceptors (Lipinski definition) is 14. The number of primary amides is 1. The third-order valence-corrected chi connectivity index (χ3v) is 11.8. The van der Waals surface area contributed by atoms with E-state index in [0.717, 1.165) is 0 Å². The van der Waals surface area contributed by atoms with Crippen molar-refractivity contribution in [1.82, 2.24) is 4.90 Å². The van der Waals surface area contributed by atoms with Crippen LogP contribution < -0.4 is 20.7 Å². The molecule has 0 aliphatic heterocycles. The van der Waals surface area contributed by atoms with Gasteiger partial charge >= 0.3 is 0 Å². The number of methoxy groups -OCH3 is 1. The molecule has 276 valence electrons. The number of allylic oxidation sites excluding steroid dienone is 1. The lowest BCUT2D eigenvalue weighted by molar-refractivity contribution is -0.144. The van der Waals surface area contributed by atoms with Gasteiger partial charge in [-0.2, -0.15) is 0 Å². The highest BCUT2D eigenvalue weighted by Gasteiger charge is 2.58. The number of anilines is 2. The molecular formula is C35H46N5O10P. The molecule has 1 amide bonds. The summed E-state index contributed by atoms with van der Waals surface area (Å²) in [6, 6.07) is 7.18. The van der Waals surface area contributed by atoms with Crippen molar-refractivity contribution in [3.05, 3.63) is 74.6 Å². The maximum Gasteiger partial charge on any atom is 0.255 e. The number of carbonyl (C=O) groups excluding carboxylic acids is 3. The Morgan fingerprint density at radius 2 is 1.78 bits per heavy atom. The van der Waals surface area contributed by atoms with Crippen LogP contribution in [-0.4, -0.2) is 97.9 Å². The highest BCUT2D eigenvalue weighted by Crippen LogP contribution is 2.58. The van der Waals surface area contributed by atoms with Crippen LogP contribution in [0.25, 0.3) is 0 Å². The molecular weight excluding hydrogens is 681 g/mol. The summed E-state index contributed by atoms with van der Waals surface area (Å²) in [7, 11) is 4.50. The van der Waals surface area contributed by atoms with E-state index in [4.69, 9.17) is 15.0 Å². The number of amides is 1. The summed E-state index contributed by atoms with van der Waals surface area (Å²) in [6.45, 7) is 6.24. The molecule has 2 aliphatic rings. The Morgan fingerprint density at radius 3 is 2.27 bits per heavy atom. The van der Waals surface area contributed by atoms with E-state index in [0.29, 0.717) is 22.6 Å². The van der Waals surface area contributed by atoms with Crippen molar-refractivity contribution in [3.8, 4) is 5.75 Å². The number of nitroso groups, excluding NO2 is 1. The van der Waals surface area contributed by atoms with Gasteiger partial charge in [-0.3, -0.25) is 23.8 Å². The lowest BCUT2D eigenvalue weighted by Gasteiger charge is -2.44. The summed E-state index contributed by atoms with van der Waals surface area (Å²) in [5.41, 5.74) is 2.21. The van der Waals surface area contributed by atoms with E-state index in [1.165, 1.54) is 39.7 Å². The Morgan fingerprint density at radius 1 is 1.18 bits per heavy atom. The summed E-state index contributed by atoms with van der Waals surface area (Å²) in [5.74, 6) is -7.88. The number of benzene rings is 2. The molecule has 2 aliphatic carbocycles. The minimum absolute atomic E-state index is 0.0363. The van der Waals surface area contributed by atoms with Gasteiger partial charge in [0.15, 0.2) is 11.4 Å². The Bertz CT molecular complexity index is 1870. The highest BCUT2D eigenvalue weighted by molar-refractivity contribution is 7.58. The van der Waals surface area contributed by atoms with Gasteiger partial charge in [-0.1, -0.05) is 26.0 Å². The number of Topliss-reactive ketones (excluding diaryl/α,β-unsaturated/α-hetero) is 2. The van der Waals surface area contributed by atoms with Crippen molar-refractivity contribution in [1.29, 1.82) is 0 Å². The number of hydrogen-bond donors (Lipinski definition) is 5. The molecule has 2 aromatic carbocycles. The van der Waals surface area contributed by atoms with Crippen LogP contribution in [0.4, 0.5) is 17.1 Å². The first kappa shape index (κ1) is 39.2. The molecule has 0 saturated heterocycles. The van der Waals surface area contributed by atoms with E-state index >= 15 is 0 Å². The van der Waals surface area contributed by atoms with Crippen LogP contribution in [0, 0.1) is 16.7 Å². The number of aliphatic hydroxyl groups is 3. The van der Waals surface area contributed by atoms with E-state index in [1.807, 2.05) is 0 Å². The molecule has 51 heavy (non-hydrogen) atoms. The number of aliphatic hydroxyl groups excluding tert-OH is 2. The normalized spacial score (nSPS) is 24.8. The third-order valence-electron chi connectivity index (χ3n) is 9.67. The smallest absolute Gasteiger partial charge is 0.255 e. The molecule has 0 saturated carbocycles. The van der Waals surface area contributed by atoms with Crippen LogP contribution in [0.2, 0.25) is 0 Å². The van der Waals surface area contributed by atoms with Crippen LogP contribution >= 0.6 is 7.37 Å². The number of ether oxygens (including phenoxy) is 1. The summed E-state index contributed by atoms with van der Waals surface area (Å²) in [4.78, 5) is 56.7. The topological polar surface area (TPSA) is 221 Å². The van der Waals surface area contributed by atoms with E-state index in [1.54, 1.807) is 63.2 Å². The Labute approximate surface area is 296 Å². The standard InChI is InChI=1S/C35H46N5O10P/c1-10-50-51(9,48)34(19-11-13-20(49-8)14-12-19)37-22-16-23(39(4)5)21-15-17(2)24(29(41)25(21)27(22)38-47)31(43)35(46)18(3)28(40(6)7)30(42)26(32(35)44)33(36)45/h11-14,16-18,28,34,37,42-43,46H,10,15H2,1-9H3,(H2,36,45)/b31-24-/t17-,18+,28+,34?,35+,51?/m1/s1. The van der Waals surface area contributed by atoms with Crippen LogP contribution in [0.1, 0.15) is 48.0 Å². The Balaban J connectivity index is 1.99. The second-order valence-corrected chi connectivity index (χ2v) is 16.0. The molecule has 2 aromatic rings. The second kappa shape index (κ2) is 14.6. The lowest BCUT2D eigenvalue weighted by Crippen LogP contribution is -2.60. The quantitative estimate of drug-likeness (QED) is 0.0665. The van der Waals surface area contributed by atoms with Gasteiger partial charge in [-0.05, 0) is 67.9 Å². The van der Waals surface area contributed by atoms with E-state index in [9.17, 15) is 39.2 Å². The van der Waals surface area contributed by atoms with Gasteiger partial charge in [-0.25, -0.2) is 0 Å². The molecule has 0 spiro atoms. The SMILES string of the molecule is CCOP(C)(=O)C(Nc1cc(N(C)C)c2c(c1N=O)C(=O)/C(=C(\O)[C@]1(O)C(=O)C(C(N)=O)=C(O)[C@@H](N(C)C)[C@@H]1C)[C@H](C)C2)c1ccc(OC)cc1. The Kier molecular flexibility index (Phi) is 11.2. The third kappa shape index (κ3) is 6.66. The van der Waals surface area contributed by atoms with Crippen LogP contribution in [0.5, 0.6) is 5.75 Å². The number of likely N-dealkylation sites (N-methyl/N-ethyl adjacent to an activating group) is 1. The molecule has 16 heteroatoms. The summed E-state index contributed by atoms with van der Waals surface area (Å²) in [6.07, 6.45) is 0.0590. The molecule has 6 atom stereocenters. The fourth-order valence-electron chi connectivity index (χ4n) is 7.18. The first-order chi connectivity index (χ1) is 23.8. The zero-order chi connectivity index (χ0) is 38.3. The van der Waals surface area contributed by atoms with Gasteiger partial charge in [0.25, 0.3) is 5.91 Å². The number of rotatable bonds is 12. The zero-order valence-electron chi connectivity index (χ0n) is 30.2. The van der Waals surface area contributed by atoms with Crippen molar-refractivity contribution in [2.75, 3.05) is 58.8 Å². The number of fused-ring (bicyclic) bond motifs is 1. The molecule has 0 bridgehead atoms. The van der Waals surface area contributed by atoms with E-state index in [2.05, 4.69) is 10.5 Å². The Hall–Kier alpha value is -4.56. The fourth-order valence-corrected chi connectivity index (χ4v) is 8.93. The molecule has 15 nitrogen and oxygen atoms in total. The monoisotopic (exact) mass is 727 g/mol. The van der Waals surface area contributed by atoms with Gasteiger partial charge < -0.3 is 40.5 Å². The van der Waals surface area contributed by atoms with E-state index in [-0.39, 0.29) is 35.5 Å². The highest BCUT2D eigenvalue weighted by atomic mass is 31.2. The molecule has 4 rings (SSSR count). The van der Waals surface area contributed by atoms with Crippen molar-refractivity contribution < 1.29 is 43.5 Å². The molecule has 0 heterocycles. The van der Waals surface area contributed by atoms with Crippen molar-refractivity contribution in [3.63, 3.8) is 0 Å². The number of nitrogens with zero attached hydrogens (tertiary/aromatic N) is 3. The molecule has 0 fully saturated rings. The number of ketones is 2. The predicted octanol–water partition coefficient (Wildman–Crippen LogP) is 4.58. The van der Waals surface area contributed by atoms with Gasteiger partial charge in [0.2, 0.25) is 13.2 Å². The van der Waals surface area contributed by atoms with Gasteiger partial charge in [0, 0.05) is 37.9 Å². The van der Waals surface area contributed by atoms with Crippen molar-refractivity contribution in [2.24, 2.45) is 22.7 Å². The number of carbonyl (C=O) groups is 3. The second-order valence-electron chi connectivity index (χ2n) is 13.4. The summed E-state index contributed by atoms with van der Waals surface area (Å²) < 4.78 is 25.0. The van der Waals surface area contributed by atoms with Crippen LogP contribution in [0.3, 0.4) is 0 Å². The van der Waals surface area contributed by atoms with Crippen LogP contribution in [-0.2, 0) is 25.1 Å². The fraction of sp³-hybridized carbons (Fsp3) is 0.457. The average Bonchev–Trinajstić information content (AvgIpc) is 3.05. The first-order valence-corrected chi connectivity index (χ1v) is 18.4. The van der Waals surface area contributed by atoms with Gasteiger partial charge in [0.05, 0.1) is 31.0 Å². The summed E-state index contributed by atoms with van der Waals surface area (Å²) >= 11 is 0. The van der Waals surface area contributed by atoms with E-state index < -0.39 is 71.2 Å². The summed E-state index contributed by atoms with van der Waals surface area (Å²) in [5, 5.41) is 41.2. The molecule has 0 aromatic heterocycles. The zero-order valence-corrected chi connectivity index (χ0v) is 31.1. The molecule has 2 unspecified atom stereocenters. The van der Waals surface area contributed by atoms with Gasteiger partial charge in [-0.15, -0.1) is 4.91 Å². The maximum atomic E-state index is 14.7. The number of nitrogens with one attached hydrogen (secondary N) is 1. The van der Waals surface area contributed by atoms with Gasteiger partial charge in [0.1, 0.15) is 34.3 Å². The van der Waals surface area contributed by atoms with Crippen molar-refractivity contribution >= 4 is 41.9 Å². The average molecular weight is 728 g/mol. The lowest BCUT2D eigenvalue weighted by atomic mass is 9.67. The molecule has 0 radical (unpaired) electrons. The minimum atomic E-state index is -3.52. The first-order valence-electron chi connectivity index (χ1n) is 16.3. The number of nitrogens with two attached hydrogens (primary N) is 1. The molecule has 6 N–H and O–H groups in total. The maximum absolute atomic E-state index is 14.7. The van der Waals surface area contributed by atoms with Crippen molar-refractivity contribution in [2.45, 2.75) is 44.6 Å². The predicted molar refractivity (Wildman–Crippen MR) is 193 cm³/mol. The van der Waals surface area contributed by atoms with Crippen LogP contribution in [0.15, 0.2) is 58.2 Å². The minimum Gasteiger partial charge on any atom is -0.510 e. The largest absolute Gasteiger partial charge is 0.510 e.